The van der Waals surface area contributed by atoms with Crippen LogP contribution in [-0.2, 0) is 9.84 Å². The van der Waals surface area contributed by atoms with E-state index < -0.39 is 9.84 Å². The van der Waals surface area contributed by atoms with E-state index in [4.69, 9.17) is 4.98 Å². The first-order valence-corrected chi connectivity index (χ1v) is 13.1. The van der Waals surface area contributed by atoms with Crippen LogP contribution in [0.2, 0.25) is 0 Å². The van der Waals surface area contributed by atoms with Crippen molar-refractivity contribution in [2.75, 3.05) is 16.8 Å². The number of benzene rings is 2. The van der Waals surface area contributed by atoms with Crippen molar-refractivity contribution in [2.45, 2.75) is 33.2 Å². The number of nitrogens with one attached hydrogen (secondary N) is 1. The molecule has 4 aromatic rings. The smallest absolute Gasteiger partial charge is 0.256 e. The van der Waals surface area contributed by atoms with Crippen LogP contribution >= 0.6 is 0 Å². The summed E-state index contributed by atoms with van der Waals surface area (Å²) in [6.45, 7) is 5.77. The predicted molar refractivity (Wildman–Crippen MR) is 134 cm³/mol. The third-order valence-corrected chi connectivity index (χ3v) is 8.10. The van der Waals surface area contributed by atoms with E-state index >= 15 is 0 Å². The van der Waals surface area contributed by atoms with Crippen molar-refractivity contribution in [3.63, 3.8) is 0 Å². The largest absolute Gasteiger partial charge is 0.322 e. The molecule has 2 aromatic carbocycles. The van der Waals surface area contributed by atoms with E-state index in [1.54, 1.807) is 10.7 Å². The average Bonchev–Trinajstić information content (AvgIpc) is 3.35. The van der Waals surface area contributed by atoms with Crippen molar-refractivity contribution in [3.8, 4) is 11.3 Å². The monoisotopic (exact) mass is 474 g/mol. The first-order valence-electron chi connectivity index (χ1n) is 11.3. The number of aromatic nitrogens is 3. The van der Waals surface area contributed by atoms with Gasteiger partial charge >= 0.3 is 0 Å². The van der Waals surface area contributed by atoms with Gasteiger partial charge in [-0.15, -0.1) is 0 Å². The third-order valence-electron chi connectivity index (χ3n) is 6.35. The zero-order valence-electron chi connectivity index (χ0n) is 19.4. The Morgan fingerprint density at radius 3 is 2.53 bits per heavy atom. The fourth-order valence-corrected chi connectivity index (χ4v) is 6.22. The standard InChI is InChI=1S/C26H26N4O3S/c1-16-9-10-17(2)22(13-16)28-26(31)21-14-23(19-7-5-4-6-8-19)27-25-24(21)18(3)29-30(25)20-11-12-34(32,33)15-20/h4-10,13-14,20H,11-12,15H2,1-3H3,(H,28,31). The molecule has 2 aromatic heterocycles. The molecule has 0 aliphatic carbocycles. The molecule has 1 amide bonds. The van der Waals surface area contributed by atoms with Crippen molar-refractivity contribution >= 4 is 32.5 Å². The first-order chi connectivity index (χ1) is 16.2. The Kier molecular flexibility index (Phi) is 5.48. The third kappa shape index (κ3) is 4.09. The average molecular weight is 475 g/mol. The van der Waals surface area contributed by atoms with E-state index in [9.17, 15) is 13.2 Å². The topological polar surface area (TPSA) is 93.9 Å². The summed E-state index contributed by atoms with van der Waals surface area (Å²) < 4.78 is 26.0. The number of carbonyl (C=O) groups excluding carboxylic acids is 1. The number of rotatable bonds is 4. The maximum absolute atomic E-state index is 13.6. The summed E-state index contributed by atoms with van der Waals surface area (Å²) in [6.07, 6.45) is 0.486. The van der Waals surface area contributed by atoms with Crippen molar-refractivity contribution in [2.24, 2.45) is 0 Å². The van der Waals surface area contributed by atoms with Crippen molar-refractivity contribution in [3.05, 3.63) is 77.0 Å². The van der Waals surface area contributed by atoms with Gasteiger partial charge in [-0.25, -0.2) is 18.1 Å². The van der Waals surface area contributed by atoms with E-state index in [-0.39, 0.29) is 23.5 Å². The first kappa shape index (κ1) is 22.3. The lowest BCUT2D eigenvalue weighted by Crippen LogP contribution is -2.15. The number of fused-ring (bicyclic) bond motifs is 1. The number of hydrogen-bond donors (Lipinski definition) is 1. The van der Waals surface area contributed by atoms with Gasteiger partial charge in [-0.1, -0.05) is 42.5 Å². The molecule has 0 saturated carbocycles. The van der Waals surface area contributed by atoms with Gasteiger partial charge < -0.3 is 5.32 Å². The Morgan fingerprint density at radius 2 is 1.82 bits per heavy atom. The van der Waals surface area contributed by atoms with E-state index in [0.717, 1.165) is 22.4 Å². The molecular formula is C26H26N4O3S. The van der Waals surface area contributed by atoms with Gasteiger partial charge in [-0.05, 0) is 50.5 Å². The van der Waals surface area contributed by atoms with Crippen LogP contribution in [0.1, 0.15) is 39.6 Å². The summed E-state index contributed by atoms with van der Waals surface area (Å²) in [5, 5.41) is 8.37. The van der Waals surface area contributed by atoms with Crippen LogP contribution in [0, 0.1) is 20.8 Å². The van der Waals surface area contributed by atoms with Crippen molar-refractivity contribution < 1.29 is 13.2 Å². The molecular weight excluding hydrogens is 448 g/mol. The van der Waals surface area contributed by atoms with Gasteiger partial charge in [-0.2, -0.15) is 5.10 Å². The molecule has 8 heteroatoms. The summed E-state index contributed by atoms with van der Waals surface area (Å²) in [5.74, 6) is -0.0825. The molecule has 7 nitrogen and oxygen atoms in total. The number of pyridine rings is 1. The Bertz CT molecular complexity index is 1520. The molecule has 1 aliphatic heterocycles. The second-order valence-corrected chi connectivity index (χ2v) is 11.2. The lowest BCUT2D eigenvalue weighted by atomic mass is 10.0. The predicted octanol–water partition coefficient (Wildman–Crippen LogP) is 4.64. The molecule has 0 bridgehead atoms. The molecule has 1 fully saturated rings. The summed E-state index contributed by atoms with van der Waals surface area (Å²) in [4.78, 5) is 18.5. The van der Waals surface area contributed by atoms with Crippen LogP contribution in [0.15, 0.2) is 54.6 Å². The summed E-state index contributed by atoms with van der Waals surface area (Å²) in [7, 11) is -3.11. The van der Waals surface area contributed by atoms with Gasteiger partial charge in [0.25, 0.3) is 5.91 Å². The zero-order chi connectivity index (χ0) is 24.0. The van der Waals surface area contributed by atoms with Gasteiger partial charge in [0, 0.05) is 11.3 Å². The van der Waals surface area contributed by atoms with Crippen LogP contribution in [0.5, 0.6) is 0 Å². The number of amides is 1. The van der Waals surface area contributed by atoms with Gasteiger partial charge in [0.2, 0.25) is 0 Å². The Balaban J connectivity index is 1.68. The number of nitrogens with zero attached hydrogens (tertiary/aromatic N) is 3. The minimum Gasteiger partial charge on any atom is -0.322 e. The molecule has 1 N–H and O–H groups in total. The van der Waals surface area contributed by atoms with Crippen LogP contribution < -0.4 is 5.32 Å². The minimum absolute atomic E-state index is 0.0322. The van der Waals surface area contributed by atoms with Gasteiger partial charge in [0.15, 0.2) is 15.5 Å². The second-order valence-electron chi connectivity index (χ2n) is 8.98. The molecule has 0 radical (unpaired) electrons. The Hall–Kier alpha value is -3.52. The van der Waals surface area contributed by atoms with Gasteiger partial charge in [0.05, 0.1) is 39.9 Å². The van der Waals surface area contributed by atoms with Crippen LogP contribution in [0.25, 0.3) is 22.3 Å². The highest BCUT2D eigenvalue weighted by Crippen LogP contribution is 2.32. The van der Waals surface area contributed by atoms with E-state index in [1.807, 2.05) is 69.3 Å². The number of hydrogen-bond acceptors (Lipinski definition) is 5. The molecule has 1 unspecified atom stereocenters. The molecule has 1 atom stereocenters. The fourth-order valence-electron chi connectivity index (χ4n) is 4.53. The molecule has 1 saturated heterocycles. The maximum atomic E-state index is 13.6. The fraction of sp³-hybridized carbons (Fsp3) is 0.269. The minimum atomic E-state index is -3.11. The maximum Gasteiger partial charge on any atom is 0.256 e. The lowest BCUT2D eigenvalue weighted by Gasteiger charge is -2.13. The molecule has 174 valence electrons. The Morgan fingerprint density at radius 1 is 1.06 bits per heavy atom. The second kappa shape index (κ2) is 8.36. The van der Waals surface area contributed by atoms with Crippen LogP contribution in [0.4, 0.5) is 5.69 Å². The zero-order valence-corrected chi connectivity index (χ0v) is 20.2. The SMILES string of the molecule is Cc1ccc(C)c(NC(=O)c2cc(-c3ccccc3)nc3c2c(C)nn3C2CCS(=O)(=O)C2)c1. The number of sulfone groups is 1. The number of carbonyl (C=O) groups is 1. The summed E-state index contributed by atoms with van der Waals surface area (Å²) in [5.41, 5.74) is 5.94. The number of aryl methyl sites for hydroxylation is 3. The van der Waals surface area contributed by atoms with E-state index in [1.165, 1.54) is 0 Å². The highest BCUT2D eigenvalue weighted by molar-refractivity contribution is 7.91. The van der Waals surface area contributed by atoms with Gasteiger partial charge in [0.1, 0.15) is 0 Å². The van der Waals surface area contributed by atoms with E-state index in [2.05, 4.69) is 10.4 Å². The van der Waals surface area contributed by atoms with Crippen LogP contribution in [-0.4, -0.2) is 40.6 Å². The van der Waals surface area contributed by atoms with E-state index in [0.29, 0.717) is 34.4 Å². The van der Waals surface area contributed by atoms with Gasteiger partial charge in [-0.3, -0.25) is 4.79 Å². The van der Waals surface area contributed by atoms with Crippen LogP contribution in [0.3, 0.4) is 0 Å². The summed E-state index contributed by atoms with van der Waals surface area (Å²) >= 11 is 0. The summed E-state index contributed by atoms with van der Waals surface area (Å²) in [6, 6.07) is 17.1. The normalized spacial score (nSPS) is 17.2. The Labute approximate surface area is 198 Å². The quantitative estimate of drug-likeness (QED) is 0.465. The molecule has 3 heterocycles. The highest BCUT2D eigenvalue weighted by atomic mass is 32.2. The number of anilines is 1. The van der Waals surface area contributed by atoms with Crippen molar-refractivity contribution in [1.82, 2.24) is 14.8 Å². The molecule has 5 rings (SSSR count). The lowest BCUT2D eigenvalue weighted by molar-refractivity contribution is 0.102. The molecule has 1 aliphatic rings. The van der Waals surface area contributed by atoms with Crippen molar-refractivity contribution in [1.29, 1.82) is 0 Å². The molecule has 0 spiro atoms. The molecule has 34 heavy (non-hydrogen) atoms. The highest BCUT2D eigenvalue weighted by Gasteiger charge is 2.32.